The first-order valence-electron chi connectivity index (χ1n) is 5.34. The smallest absolute Gasteiger partial charge is 0.326 e. The number of hydrogen-bond donors (Lipinski definition) is 2. The summed E-state index contributed by atoms with van der Waals surface area (Å²) >= 11 is 0. The standard InChI is InChI=1S/C10H17F2NO5/c1-17-4-2-7(10(15)16)13-9(14)3-5-18-6-8(11)12/h7-8H,2-6H2,1H3,(H,13,14)(H,15,16). The van der Waals surface area contributed by atoms with Gasteiger partial charge in [-0.15, -0.1) is 0 Å². The third kappa shape index (κ3) is 8.82. The quantitative estimate of drug-likeness (QED) is 0.556. The predicted molar refractivity (Wildman–Crippen MR) is 57.5 cm³/mol. The maximum Gasteiger partial charge on any atom is 0.326 e. The molecule has 8 heteroatoms. The molecule has 1 unspecified atom stereocenters. The van der Waals surface area contributed by atoms with Crippen molar-refractivity contribution in [2.45, 2.75) is 25.3 Å². The lowest BCUT2D eigenvalue weighted by Gasteiger charge is -2.13. The highest BCUT2D eigenvalue weighted by molar-refractivity contribution is 5.83. The van der Waals surface area contributed by atoms with E-state index in [0.717, 1.165) is 0 Å². The molecule has 0 bridgehead atoms. The first-order chi connectivity index (χ1) is 8.47. The van der Waals surface area contributed by atoms with Gasteiger partial charge in [0.1, 0.15) is 12.6 Å². The van der Waals surface area contributed by atoms with E-state index in [0.29, 0.717) is 0 Å². The van der Waals surface area contributed by atoms with E-state index in [9.17, 15) is 18.4 Å². The third-order valence-corrected chi connectivity index (χ3v) is 1.96. The van der Waals surface area contributed by atoms with Gasteiger partial charge in [0.25, 0.3) is 6.43 Å². The van der Waals surface area contributed by atoms with Crippen molar-refractivity contribution in [2.24, 2.45) is 0 Å². The molecular formula is C10H17F2NO5. The monoisotopic (exact) mass is 269 g/mol. The van der Waals surface area contributed by atoms with E-state index in [1.54, 1.807) is 0 Å². The highest BCUT2D eigenvalue weighted by atomic mass is 19.3. The summed E-state index contributed by atoms with van der Waals surface area (Å²) in [6.07, 6.45) is -2.61. The number of aliphatic carboxylic acids is 1. The molecule has 1 amide bonds. The Kier molecular flexibility index (Phi) is 9.03. The van der Waals surface area contributed by atoms with Crippen molar-refractivity contribution in [1.82, 2.24) is 5.32 Å². The fraction of sp³-hybridized carbons (Fsp3) is 0.800. The Morgan fingerprint density at radius 3 is 2.50 bits per heavy atom. The fourth-order valence-corrected chi connectivity index (χ4v) is 1.10. The van der Waals surface area contributed by atoms with Crippen LogP contribution in [0.3, 0.4) is 0 Å². The number of hydrogen-bond acceptors (Lipinski definition) is 4. The number of ether oxygens (including phenoxy) is 2. The minimum atomic E-state index is -2.58. The first-order valence-corrected chi connectivity index (χ1v) is 5.34. The van der Waals surface area contributed by atoms with E-state index in [1.165, 1.54) is 7.11 Å². The van der Waals surface area contributed by atoms with E-state index < -0.39 is 31.0 Å². The number of rotatable bonds is 10. The molecule has 0 aliphatic heterocycles. The SMILES string of the molecule is COCCC(NC(=O)CCOCC(F)F)C(=O)O. The van der Waals surface area contributed by atoms with Gasteiger partial charge in [-0.05, 0) is 0 Å². The Labute approximate surface area is 103 Å². The van der Waals surface area contributed by atoms with Gasteiger partial charge in [-0.2, -0.15) is 0 Å². The number of alkyl halides is 2. The van der Waals surface area contributed by atoms with E-state index in [4.69, 9.17) is 9.84 Å². The van der Waals surface area contributed by atoms with Gasteiger partial charge in [0.2, 0.25) is 5.91 Å². The van der Waals surface area contributed by atoms with Crippen LogP contribution >= 0.6 is 0 Å². The lowest BCUT2D eigenvalue weighted by Crippen LogP contribution is -2.41. The molecule has 0 aliphatic rings. The van der Waals surface area contributed by atoms with Gasteiger partial charge in [0, 0.05) is 26.6 Å². The van der Waals surface area contributed by atoms with Crippen LogP contribution in [0.2, 0.25) is 0 Å². The van der Waals surface area contributed by atoms with Crippen molar-refractivity contribution in [3.05, 3.63) is 0 Å². The third-order valence-electron chi connectivity index (χ3n) is 1.96. The van der Waals surface area contributed by atoms with Gasteiger partial charge < -0.3 is 19.9 Å². The highest BCUT2D eigenvalue weighted by Crippen LogP contribution is 1.96. The molecule has 0 saturated heterocycles. The maximum absolute atomic E-state index is 11.7. The Bertz CT molecular complexity index is 263. The number of methoxy groups -OCH3 is 1. The highest BCUT2D eigenvalue weighted by Gasteiger charge is 2.19. The average molecular weight is 269 g/mol. The Hall–Kier alpha value is -1.28. The molecule has 0 spiro atoms. The minimum Gasteiger partial charge on any atom is -0.480 e. The zero-order chi connectivity index (χ0) is 14.0. The van der Waals surface area contributed by atoms with Crippen LogP contribution in [0.15, 0.2) is 0 Å². The van der Waals surface area contributed by atoms with Gasteiger partial charge in [0.05, 0.1) is 6.61 Å². The molecule has 1 atom stereocenters. The second-order valence-corrected chi connectivity index (χ2v) is 3.46. The van der Waals surface area contributed by atoms with Crippen molar-refractivity contribution in [2.75, 3.05) is 26.9 Å². The molecule has 18 heavy (non-hydrogen) atoms. The summed E-state index contributed by atoms with van der Waals surface area (Å²) < 4.78 is 32.6. The number of amides is 1. The van der Waals surface area contributed by atoms with Gasteiger partial charge in [-0.3, -0.25) is 4.79 Å². The molecule has 0 saturated carbocycles. The van der Waals surface area contributed by atoms with Crippen LogP contribution in [-0.2, 0) is 19.1 Å². The molecule has 0 radical (unpaired) electrons. The molecule has 0 heterocycles. The Morgan fingerprint density at radius 2 is 2.00 bits per heavy atom. The summed E-state index contributed by atoms with van der Waals surface area (Å²) in [5.74, 6) is -1.73. The lowest BCUT2D eigenvalue weighted by atomic mass is 10.2. The van der Waals surface area contributed by atoms with Crippen LogP contribution in [0, 0.1) is 0 Å². The second kappa shape index (κ2) is 9.72. The molecule has 0 rings (SSSR count). The summed E-state index contributed by atoms with van der Waals surface area (Å²) in [7, 11) is 1.42. The number of nitrogens with one attached hydrogen (secondary N) is 1. The number of carboxylic acids is 1. The lowest BCUT2D eigenvalue weighted by molar-refractivity contribution is -0.142. The summed E-state index contributed by atoms with van der Waals surface area (Å²) in [5.41, 5.74) is 0. The second-order valence-electron chi connectivity index (χ2n) is 3.46. The molecule has 0 aliphatic carbocycles. The number of carbonyl (C=O) groups is 2. The van der Waals surface area contributed by atoms with E-state index in [2.05, 4.69) is 10.1 Å². The number of carbonyl (C=O) groups excluding carboxylic acids is 1. The van der Waals surface area contributed by atoms with Crippen molar-refractivity contribution in [3.8, 4) is 0 Å². The Balaban J connectivity index is 3.84. The van der Waals surface area contributed by atoms with Crippen molar-refractivity contribution in [3.63, 3.8) is 0 Å². The van der Waals surface area contributed by atoms with Gasteiger partial charge in [-0.1, -0.05) is 0 Å². The summed E-state index contributed by atoms with van der Waals surface area (Å²) in [6.45, 7) is -0.717. The number of carboxylic acid groups (broad SMARTS) is 1. The first kappa shape index (κ1) is 16.7. The zero-order valence-electron chi connectivity index (χ0n) is 10.0. The molecule has 6 nitrogen and oxygen atoms in total. The summed E-state index contributed by atoms with van der Waals surface area (Å²) in [6, 6.07) is -1.05. The van der Waals surface area contributed by atoms with Crippen molar-refractivity contribution < 1.29 is 33.0 Å². The van der Waals surface area contributed by atoms with Crippen LogP contribution in [0.5, 0.6) is 0 Å². The van der Waals surface area contributed by atoms with Gasteiger partial charge >= 0.3 is 5.97 Å². The van der Waals surface area contributed by atoms with Gasteiger partial charge in [0.15, 0.2) is 0 Å². The number of halogens is 2. The molecule has 0 fully saturated rings. The fourth-order valence-electron chi connectivity index (χ4n) is 1.10. The van der Waals surface area contributed by atoms with E-state index in [1.807, 2.05) is 0 Å². The maximum atomic E-state index is 11.7. The Morgan fingerprint density at radius 1 is 1.33 bits per heavy atom. The van der Waals surface area contributed by atoms with Crippen LogP contribution in [-0.4, -0.2) is 56.4 Å². The molecular weight excluding hydrogens is 252 g/mol. The summed E-state index contributed by atoms with van der Waals surface area (Å²) in [5, 5.41) is 11.0. The van der Waals surface area contributed by atoms with Crippen molar-refractivity contribution >= 4 is 11.9 Å². The van der Waals surface area contributed by atoms with E-state index >= 15 is 0 Å². The van der Waals surface area contributed by atoms with Gasteiger partial charge in [-0.25, -0.2) is 13.6 Å². The minimum absolute atomic E-state index is 0.134. The molecule has 2 N–H and O–H groups in total. The van der Waals surface area contributed by atoms with Crippen molar-refractivity contribution in [1.29, 1.82) is 0 Å². The van der Waals surface area contributed by atoms with Crippen LogP contribution in [0.1, 0.15) is 12.8 Å². The zero-order valence-corrected chi connectivity index (χ0v) is 10.0. The topological polar surface area (TPSA) is 84.9 Å². The largest absolute Gasteiger partial charge is 0.480 e. The van der Waals surface area contributed by atoms with Crippen LogP contribution < -0.4 is 5.32 Å². The van der Waals surface area contributed by atoms with Crippen LogP contribution in [0.4, 0.5) is 8.78 Å². The molecule has 0 aromatic carbocycles. The molecule has 0 aromatic heterocycles. The van der Waals surface area contributed by atoms with E-state index in [-0.39, 0.29) is 26.1 Å². The normalized spacial score (nSPS) is 12.4. The molecule has 106 valence electrons. The molecule has 0 aromatic rings. The predicted octanol–water partition coefficient (Wildman–Crippen LogP) is 0.264. The average Bonchev–Trinajstić information content (AvgIpc) is 2.29. The van der Waals surface area contributed by atoms with Crippen LogP contribution in [0.25, 0.3) is 0 Å². The summed E-state index contributed by atoms with van der Waals surface area (Å²) in [4.78, 5) is 22.0.